The summed E-state index contributed by atoms with van der Waals surface area (Å²) in [5.74, 6) is 1.76. The number of hydrogen-bond acceptors (Lipinski definition) is 9. The molecule has 0 spiro atoms. The third-order valence-electron chi connectivity index (χ3n) is 7.89. The number of nitrogens with one attached hydrogen (secondary N) is 1. The molecule has 1 amide bonds. The van der Waals surface area contributed by atoms with E-state index in [9.17, 15) is 9.59 Å². The number of aromatic amines is 1. The molecule has 0 radical (unpaired) electrons. The highest BCUT2D eigenvalue weighted by atomic mass is 32.1. The summed E-state index contributed by atoms with van der Waals surface area (Å²) in [5, 5.41) is 8.28. The number of H-pyrrole nitrogens is 1. The summed E-state index contributed by atoms with van der Waals surface area (Å²) in [6, 6.07) is 8.26. The van der Waals surface area contributed by atoms with Crippen molar-refractivity contribution >= 4 is 50.0 Å². The predicted octanol–water partition coefficient (Wildman–Crippen LogP) is 4.42. The van der Waals surface area contributed by atoms with Gasteiger partial charge in [-0.3, -0.25) is 19.6 Å². The first-order chi connectivity index (χ1) is 20.6. The van der Waals surface area contributed by atoms with Gasteiger partial charge in [0.1, 0.15) is 0 Å². The highest BCUT2D eigenvalue weighted by molar-refractivity contribution is 7.19. The van der Waals surface area contributed by atoms with Crippen LogP contribution in [0.15, 0.2) is 42.6 Å². The maximum atomic E-state index is 12.7. The van der Waals surface area contributed by atoms with Crippen molar-refractivity contribution in [3.05, 3.63) is 47.5 Å². The van der Waals surface area contributed by atoms with Gasteiger partial charge in [0.05, 0.1) is 35.1 Å². The van der Waals surface area contributed by atoms with Crippen molar-refractivity contribution in [2.75, 3.05) is 57.4 Å². The lowest BCUT2D eigenvalue weighted by molar-refractivity contribution is -0.134. The molecule has 4 aromatic rings. The monoisotopic (exact) mass is 587 g/mol. The van der Waals surface area contributed by atoms with Gasteiger partial charge in [-0.2, -0.15) is 5.10 Å². The van der Waals surface area contributed by atoms with Crippen LogP contribution in [0.2, 0.25) is 0 Å². The predicted molar refractivity (Wildman–Crippen MR) is 166 cm³/mol. The second-order valence-corrected chi connectivity index (χ2v) is 12.0. The Kier molecular flexibility index (Phi) is 8.87. The van der Waals surface area contributed by atoms with E-state index in [1.165, 1.54) is 4.88 Å². The summed E-state index contributed by atoms with van der Waals surface area (Å²) < 4.78 is 6.72. The zero-order valence-electron chi connectivity index (χ0n) is 24.1. The van der Waals surface area contributed by atoms with E-state index in [4.69, 9.17) is 14.7 Å². The normalized spacial score (nSPS) is 16.7. The number of unbranched alkanes of at least 4 members (excludes halogenated alkanes) is 1. The van der Waals surface area contributed by atoms with Crippen molar-refractivity contribution in [2.24, 2.45) is 0 Å². The zero-order chi connectivity index (χ0) is 28.9. The van der Waals surface area contributed by atoms with Crippen molar-refractivity contribution in [3.63, 3.8) is 0 Å². The van der Waals surface area contributed by atoms with Crippen LogP contribution in [0.1, 0.15) is 37.5 Å². The molecule has 42 heavy (non-hydrogen) atoms. The van der Waals surface area contributed by atoms with Gasteiger partial charge in [-0.1, -0.05) is 31.6 Å². The minimum atomic E-state index is 0.0318. The Hall–Kier alpha value is -3.67. The SMILES string of the molecule is CCC/C=C/C(=O)CCC(=O)N1CCN(Cc2cc3nc(-c4cccc5[nH]ncc45)nc(N4CCOCC4)c3s2)CC1. The van der Waals surface area contributed by atoms with Gasteiger partial charge >= 0.3 is 0 Å². The van der Waals surface area contributed by atoms with Crippen molar-refractivity contribution < 1.29 is 14.3 Å². The number of fused-ring (bicyclic) bond motifs is 2. The summed E-state index contributed by atoms with van der Waals surface area (Å²) in [5.41, 5.74) is 2.88. The second-order valence-electron chi connectivity index (χ2n) is 10.8. The molecule has 220 valence electrons. The Bertz CT molecular complexity index is 1580. The molecule has 0 saturated carbocycles. The maximum absolute atomic E-state index is 12.7. The molecule has 0 bridgehead atoms. The van der Waals surface area contributed by atoms with Crippen LogP contribution in [-0.4, -0.2) is 94.1 Å². The van der Waals surface area contributed by atoms with Crippen LogP contribution in [0.3, 0.4) is 0 Å². The number of allylic oxidation sites excluding steroid dienone is 2. The number of rotatable bonds is 10. The number of carbonyl (C=O) groups excluding carboxylic acids is 2. The molecular formula is C31H37N7O3S. The molecule has 2 fully saturated rings. The molecule has 11 heteroatoms. The van der Waals surface area contributed by atoms with Crippen LogP contribution >= 0.6 is 11.3 Å². The van der Waals surface area contributed by atoms with Crippen molar-refractivity contribution in [1.82, 2.24) is 30.0 Å². The van der Waals surface area contributed by atoms with Gasteiger partial charge in [-0.15, -0.1) is 11.3 Å². The number of morpholine rings is 1. The average Bonchev–Trinajstić information content (AvgIpc) is 3.67. The van der Waals surface area contributed by atoms with Crippen LogP contribution in [-0.2, 0) is 20.9 Å². The number of piperazine rings is 1. The first-order valence-corrected chi connectivity index (χ1v) is 15.7. The lowest BCUT2D eigenvalue weighted by Gasteiger charge is -2.34. The average molecular weight is 588 g/mol. The van der Waals surface area contributed by atoms with Crippen molar-refractivity contribution in [2.45, 2.75) is 39.2 Å². The molecule has 0 aliphatic carbocycles. The molecule has 1 N–H and O–H groups in total. The Morgan fingerprint density at radius 3 is 2.71 bits per heavy atom. The third-order valence-corrected chi connectivity index (χ3v) is 8.99. The summed E-state index contributed by atoms with van der Waals surface area (Å²) in [4.78, 5) is 42.7. The van der Waals surface area contributed by atoms with Crippen LogP contribution in [0.5, 0.6) is 0 Å². The molecule has 0 atom stereocenters. The van der Waals surface area contributed by atoms with Gasteiger partial charge < -0.3 is 14.5 Å². The van der Waals surface area contributed by atoms with Crippen molar-refractivity contribution in [3.8, 4) is 11.4 Å². The first kappa shape index (κ1) is 28.4. The van der Waals surface area contributed by atoms with Crippen LogP contribution in [0.4, 0.5) is 5.82 Å². The molecule has 10 nitrogen and oxygen atoms in total. The van der Waals surface area contributed by atoms with E-state index in [0.29, 0.717) is 32.1 Å². The molecule has 0 unspecified atom stereocenters. The molecule has 2 aliphatic heterocycles. The Labute approximate surface area is 249 Å². The number of nitrogens with zero attached hydrogens (tertiary/aromatic N) is 6. The van der Waals surface area contributed by atoms with Crippen molar-refractivity contribution in [1.29, 1.82) is 0 Å². The highest BCUT2D eigenvalue weighted by Gasteiger charge is 2.24. The van der Waals surface area contributed by atoms with Gasteiger partial charge in [-0.05, 0) is 24.6 Å². The van der Waals surface area contributed by atoms with E-state index in [1.54, 1.807) is 17.4 Å². The Balaban J connectivity index is 1.15. The lowest BCUT2D eigenvalue weighted by Crippen LogP contribution is -2.48. The number of hydrogen-bond donors (Lipinski definition) is 1. The minimum Gasteiger partial charge on any atom is -0.378 e. The summed E-state index contributed by atoms with van der Waals surface area (Å²) in [6.45, 7) is 8.82. The standard InChI is InChI=1S/C31H37N7O3S/c1-2-3-4-6-22(39)9-10-28(40)37-13-11-36(12-14-37)21-23-19-27-29(42-23)31(38-15-17-41-18-16-38)34-30(33-27)24-7-5-8-26-25(24)20-32-35-26/h4-8,19-20H,2-3,9-18,21H2,1H3,(H,32,35)/b6-4+. The molecule has 6 rings (SSSR count). The fourth-order valence-corrected chi connectivity index (χ4v) is 6.70. The smallest absolute Gasteiger partial charge is 0.223 e. The number of anilines is 1. The number of carbonyl (C=O) groups is 2. The Morgan fingerprint density at radius 2 is 1.90 bits per heavy atom. The number of benzene rings is 1. The van der Waals surface area contributed by atoms with Gasteiger partial charge in [0, 0.05) is 74.5 Å². The van der Waals surface area contributed by atoms with E-state index in [0.717, 1.165) is 78.1 Å². The minimum absolute atomic E-state index is 0.0318. The molecule has 5 heterocycles. The molecular weight excluding hydrogens is 550 g/mol. The van der Waals surface area contributed by atoms with E-state index in [2.05, 4.69) is 39.1 Å². The number of ether oxygens (including phenoxy) is 1. The van der Waals surface area contributed by atoms with Crippen LogP contribution in [0.25, 0.3) is 32.5 Å². The molecule has 2 saturated heterocycles. The third kappa shape index (κ3) is 6.38. The number of aromatic nitrogens is 4. The van der Waals surface area contributed by atoms with Gasteiger partial charge in [0.15, 0.2) is 17.4 Å². The quantitative estimate of drug-likeness (QED) is 0.272. The Morgan fingerprint density at radius 1 is 1.07 bits per heavy atom. The fourth-order valence-electron chi connectivity index (χ4n) is 5.54. The fraction of sp³-hybridized carbons (Fsp3) is 0.452. The summed E-state index contributed by atoms with van der Waals surface area (Å²) in [7, 11) is 0. The number of thiophene rings is 1. The topological polar surface area (TPSA) is 108 Å². The highest BCUT2D eigenvalue weighted by Crippen LogP contribution is 2.36. The van der Waals surface area contributed by atoms with Gasteiger partial charge in [0.25, 0.3) is 0 Å². The largest absolute Gasteiger partial charge is 0.378 e. The van der Waals surface area contributed by atoms with Crippen LogP contribution in [0, 0.1) is 0 Å². The summed E-state index contributed by atoms with van der Waals surface area (Å²) in [6.07, 6.45) is 7.82. The second kappa shape index (κ2) is 13.1. The molecule has 2 aliphatic rings. The summed E-state index contributed by atoms with van der Waals surface area (Å²) >= 11 is 1.75. The number of amides is 1. The zero-order valence-corrected chi connectivity index (χ0v) is 24.9. The van der Waals surface area contributed by atoms with E-state index in [-0.39, 0.29) is 24.5 Å². The maximum Gasteiger partial charge on any atom is 0.223 e. The van der Waals surface area contributed by atoms with E-state index >= 15 is 0 Å². The van der Waals surface area contributed by atoms with E-state index < -0.39 is 0 Å². The van der Waals surface area contributed by atoms with Crippen LogP contribution < -0.4 is 4.90 Å². The lowest BCUT2D eigenvalue weighted by atomic mass is 10.1. The molecule has 3 aromatic heterocycles. The van der Waals surface area contributed by atoms with E-state index in [1.807, 2.05) is 29.3 Å². The molecule has 1 aromatic carbocycles. The van der Waals surface area contributed by atoms with Gasteiger partial charge in [0.2, 0.25) is 5.91 Å². The first-order valence-electron chi connectivity index (χ1n) is 14.8. The number of ketones is 1. The van der Waals surface area contributed by atoms with Gasteiger partial charge in [-0.25, -0.2) is 9.97 Å².